The summed E-state index contributed by atoms with van der Waals surface area (Å²) in [6, 6.07) is 0. The highest BCUT2D eigenvalue weighted by Gasteiger charge is 2.13. The molecule has 0 aromatic carbocycles. The first-order valence-corrected chi connectivity index (χ1v) is 4.77. The summed E-state index contributed by atoms with van der Waals surface area (Å²) in [5.41, 5.74) is 0.990. The van der Waals surface area contributed by atoms with Crippen LogP contribution in [0.25, 0.3) is 0 Å². The normalized spacial score (nSPS) is 20.2. The molecule has 1 aliphatic rings. The monoisotopic (exact) mass is 183 g/mol. The fraction of sp³-hybridized carbons (Fsp3) is 0.800. The van der Waals surface area contributed by atoms with Gasteiger partial charge in [0.1, 0.15) is 5.60 Å². The predicted octanol–water partition coefficient (Wildman–Crippen LogP) is 2.04. The van der Waals surface area contributed by atoms with Gasteiger partial charge < -0.3 is 9.74 Å². The highest BCUT2D eigenvalue weighted by atomic mass is 16.6. The summed E-state index contributed by atoms with van der Waals surface area (Å²) >= 11 is 0. The third-order valence-corrected chi connectivity index (χ3v) is 1.88. The molecule has 0 bridgehead atoms. The number of oxime groups is 1. The summed E-state index contributed by atoms with van der Waals surface area (Å²) < 4.78 is 0. The molecule has 0 aromatic rings. The second-order valence-corrected chi connectivity index (χ2v) is 4.48. The van der Waals surface area contributed by atoms with Crippen molar-refractivity contribution in [3.8, 4) is 0 Å². The summed E-state index contributed by atoms with van der Waals surface area (Å²) in [6.45, 7) is 8.01. The van der Waals surface area contributed by atoms with Crippen molar-refractivity contribution in [2.45, 2.75) is 39.2 Å². The van der Waals surface area contributed by atoms with E-state index in [0.717, 1.165) is 31.6 Å². The SMILES string of the molecule is [CH2-]N1CCC(=NOC(C)(C)C)CC1. The Kier molecular flexibility index (Phi) is 3.31. The lowest BCUT2D eigenvalue weighted by Gasteiger charge is -2.30. The zero-order chi connectivity index (χ0) is 9.90. The maximum atomic E-state index is 5.35. The van der Waals surface area contributed by atoms with Crippen LogP contribution in [0.4, 0.5) is 0 Å². The second-order valence-electron chi connectivity index (χ2n) is 4.48. The van der Waals surface area contributed by atoms with E-state index in [0.29, 0.717) is 0 Å². The van der Waals surface area contributed by atoms with Crippen LogP contribution in [0.15, 0.2) is 5.16 Å². The Hall–Kier alpha value is -0.570. The van der Waals surface area contributed by atoms with Crippen LogP contribution < -0.4 is 0 Å². The van der Waals surface area contributed by atoms with Crippen molar-refractivity contribution in [3.05, 3.63) is 7.05 Å². The summed E-state index contributed by atoms with van der Waals surface area (Å²) in [5, 5.41) is 4.15. The summed E-state index contributed by atoms with van der Waals surface area (Å²) in [4.78, 5) is 7.42. The minimum absolute atomic E-state index is 0.172. The zero-order valence-corrected chi connectivity index (χ0v) is 8.84. The van der Waals surface area contributed by atoms with E-state index in [1.807, 2.05) is 20.8 Å². The highest BCUT2D eigenvalue weighted by Crippen LogP contribution is 2.11. The number of rotatable bonds is 1. The van der Waals surface area contributed by atoms with Crippen LogP contribution in [-0.2, 0) is 4.84 Å². The van der Waals surface area contributed by atoms with Crippen molar-refractivity contribution in [2.75, 3.05) is 13.1 Å². The van der Waals surface area contributed by atoms with Crippen molar-refractivity contribution < 1.29 is 4.84 Å². The molecule has 0 N–H and O–H groups in total. The largest absolute Gasteiger partial charge is 0.459 e. The van der Waals surface area contributed by atoms with Crippen LogP contribution in [0.2, 0.25) is 0 Å². The van der Waals surface area contributed by atoms with Crippen molar-refractivity contribution in [1.29, 1.82) is 0 Å². The quantitative estimate of drug-likeness (QED) is 0.459. The van der Waals surface area contributed by atoms with Crippen LogP contribution in [0.1, 0.15) is 33.6 Å². The Morgan fingerprint density at radius 2 is 1.85 bits per heavy atom. The van der Waals surface area contributed by atoms with Gasteiger partial charge in [0.05, 0.1) is 5.71 Å². The molecule has 1 aliphatic heterocycles. The van der Waals surface area contributed by atoms with E-state index in [1.165, 1.54) is 0 Å². The summed E-state index contributed by atoms with van der Waals surface area (Å²) in [5.74, 6) is 0. The van der Waals surface area contributed by atoms with Gasteiger partial charge >= 0.3 is 0 Å². The molecule has 0 aromatic heterocycles. The molecule has 0 amide bonds. The molecule has 0 unspecified atom stereocenters. The lowest BCUT2D eigenvalue weighted by Crippen LogP contribution is -2.29. The molecule has 1 heterocycles. The van der Waals surface area contributed by atoms with Gasteiger partial charge in [-0.2, -0.15) is 0 Å². The maximum Gasteiger partial charge on any atom is 0.129 e. The molecule has 3 nitrogen and oxygen atoms in total. The summed E-state index contributed by atoms with van der Waals surface area (Å²) in [7, 11) is 3.88. The van der Waals surface area contributed by atoms with Gasteiger partial charge in [0.2, 0.25) is 0 Å². The van der Waals surface area contributed by atoms with E-state index >= 15 is 0 Å². The lowest BCUT2D eigenvalue weighted by molar-refractivity contribution is -0.000212. The van der Waals surface area contributed by atoms with E-state index in [4.69, 9.17) is 4.84 Å². The number of likely N-dealkylation sites (tertiary alicyclic amines) is 1. The topological polar surface area (TPSA) is 24.8 Å². The van der Waals surface area contributed by atoms with Gasteiger partial charge in [-0.3, -0.25) is 7.05 Å². The fourth-order valence-corrected chi connectivity index (χ4v) is 1.10. The Morgan fingerprint density at radius 3 is 2.31 bits per heavy atom. The minimum atomic E-state index is -0.172. The van der Waals surface area contributed by atoms with E-state index in [1.54, 1.807) is 0 Å². The van der Waals surface area contributed by atoms with Gasteiger partial charge in [0.25, 0.3) is 0 Å². The predicted molar refractivity (Wildman–Crippen MR) is 54.4 cm³/mol. The third kappa shape index (κ3) is 4.27. The Balaban J connectivity index is 2.36. The Morgan fingerprint density at radius 1 is 1.31 bits per heavy atom. The highest BCUT2D eigenvalue weighted by molar-refractivity contribution is 5.84. The summed E-state index contributed by atoms with van der Waals surface area (Å²) in [6.07, 6.45) is 1.97. The molecule has 0 aliphatic carbocycles. The van der Waals surface area contributed by atoms with Crippen LogP contribution in [0.3, 0.4) is 0 Å². The minimum Gasteiger partial charge on any atom is -0.459 e. The molecule has 0 spiro atoms. The van der Waals surface area contributed by atoms with Gasteiger partial charge in [-0.05, 0) is 46.7 Å². The van der Waals surface area contributed by atoms with Gasteiger partial charge in [-0.1, -0.05) is 5.16 Å². The molecule has 0 saturated carbocycles. The van der Waals surface area contributed by atoms with Gasteiger partial charge in [-0.15, -0.1) is 0 Å². The molecule has 1 fully saturated rings. The first kappa shape index (κ1) is 10.5. The van der Waals surface area contributed by atoms with E-state index in [-0.39, 0.29) is 5.60 Å². The van der Waals surface area contributed by atoms with Crippen LogP contribution in [0.5, 0.6) is 0 Å². The van der Waals surface area contributed by atoms with E-state index < -0.39 is 0 Å². The molecule has 76 valence electrons. The molecule has 0 atom stereocenters. The smallest absolute Gasteiger partial charge is 0.129 e. The molecular formula is C10H19N2O-. The van der Waals surface area contributed by atoms with Crippen LogP contribution in [0, 0.1) is 7.05 Å². The first-order valence-electron chi connectivity index (χ1n) is 4.77. The van der Waals surface area contributed by atoms with Crippen LogP contribution in [-0.4, -0.2) is 29.3 Å². The molecule has 1 rings (SSSR count). The molecule has 3 heteroatoms. The first-order chi connectivity index (χ1) is 5.97. The van der Waals surface area contributed by atoms with Crippen molar-refractivity contribution in [1.82, 2.24) is 4.90 Å². The second kappa shape index (κ2) is 4.09. The average molecular weight is 183 g/mol. The van der Waals surface area contributed by atoms with Gasteiger partial charge in [0.15, 0.2) is 0 Å². The number of nitrogens with zero attached hydrogens (tertiary/aromatic N) is 2. The van der Waals surface area contributed by atoms with Crippen LogP contribution >= 0.6 is 0 Å². The molecule has 13 heavy (non-hydrogen) atoms. The number of piperidine rings is 1. The van der Waals surface area contributed by atoms with Gasteiger partial charge in [0, 0.05) is 0 Å². The van der Waals surface area contributed by atoms with Gasteiger partial charge in [-0.25, -0.2) is 0 Å². The van der Waals surface area contributed by atoms with Crippen molar-refractivity contribution in [3.63, 3.8) is 0 Å². The average Bonchev–Trinajstić information content (AvgIpc) is 2.02. The van der Waals surface area contributed by atoms with E-state index in [9.17, 15) is 0 Å². The Bertz CT molecular complexity index is 184. The standard InChI is InChI=1S/C10H19N2O/c1-10(2,3)13-11-9-5-7-12(4)8-6-9/h4-8H2,1-3H3/q-1. The number of hydrogen-bond acceptors (Lipinski definition) is 3. The van der Waals surface area contributed by atoms with E-state index in [2.05, 4.69) is 17.1 Å². The fourth-order valence-electron chi connectivity index (χ4n) is 1.10. The lowest BCUT2D eigenvalue weighted by atomic mass is 10.1. The number of hydrogen-bond donors (Lipinski definition) is 0. The Labute approximate surface area is 80.7 Å². The zero-order valence-electron chi connectivity index (χ0n) is 8.84. The van der Waals surface area contributed by atoms with Crippen molar-refractivity contribution in [2.24, 2.45) is 5.16 Å². The maximum absolute atomic E-state index is 5.35. The van der Waals surface area contributed by atoms with Crippen molar-refractivity contribution >= 4 is 5.71 Å². The molecular weight excluding hydrogens is 164 g/mol. The molecule has 0 radical (unpaired) electrons. The third-order valence-electron chi connectivity index (χ3n) is 1.88. The molecule has 1 saturated heterocycles.